The average molecular weight is 198 g/mol. The Morgan fingerprint density at radius 2 is 2.07 bits per heavy atom. The number of ether oxygens (including phenoxy) is 1. The fourth-order valence-corrected chi connectivity index (χ4v) is 3.06. The number of nitrogens with zero attached hydrogens (tertiary/aromatic N) is 1. The van der Waals surface area contributed by atoms with E-state index in [1.807, 2.05) is 0 Å². The predicted molar refractivity (Wildman–Crippen MR) is 56.9 cm³/mol. The van der Waals surface area contributed by atoms with Crippen LogP contribution in [0.25, 0.3) is 0 Å². The molecule has 3 nitrogen and oxygen atoms in total. The van der Waals surface area contributed by atoms with Gasteiger partial charge in [0.1, 0.15) is 0 Å². The highest BCUT2D eigenvalue weighted by Gasteiger charge is 2.57. The summed E-state index contributed by atoms with van der Waals surface area (Å²) in [7, 11) is 4.13. The molecule has 1 aliphatic carbocycles. The molecular weight excluding hydrogens is 176 g/mol. The minimum absolute atomic E-state index is 0.287. The first-order valence-corrected chi connectivity index (χ1v) is 5.58. The highest BCUT2D eigenvalue weighted by molar-refractivity contribution is 5.09. The lowest BCUT2D eigenvalue weighted by Gasteiger charge is -2.60. The fraction of sp³-hybridized carbons (Fsp3) is 1.00. The zero-order valence-corrected chi connectivity index (χ0v) is 9.71. The summed E-state index contributed by atoms with van der Waals surface area (Å²) < 4.78 is 5.85. The van der Waals surface area contributed by atoms with E-state index in [9.17, 15) is 0 Å². The molecule has 1 saturated heterocycles. The molecule has 0 spiro atoms. The molecule has 0 aromatic carbocycles. The van der Waals surface area contributed by atoms with E-state index in [0.717, 1.165) is 12.5 Å². The second kappa shape index (κ2) is 3.47. The van der Waals surface area contributed by atoms with Crippen molar-refractivity contribution in [1.29, 1.82) is 0 Å². The van der Waals surface area contributed by atoms with Crippen molar-refractivity contribution in [3.63, 3.8) is 0 Å². The van der Waals surface area contributed by atoms with Crippen molar-refractivity contribution in [2.45, 2.75) is 38.8 Å². The van der Waals surface area contributed by atoms with Crippen LogP contribution in [0.2, 0.25) is 0 Å². The van der Waals surface area contributed by atoms with Crippen LogP contribution in [-0.4, -0.2) is 37.9 Å². The molecule has 2 fully saturated rings. The Hall–Kier alpha value is -0.120. The first-order chi connectivity index (χ1) is 6.53. The Labute approximate surface area is 86.8 Å². The normalized spacial score (nSPS) is 40.5. The van der Waals surface area contributed by atoms with Crippen molar-refractivity contribution in [3.8, 4) is 0 Å². The highest BCUT2D eigenvalue weighted by Crippen LogP contribution is 2.51. The molecule has 1 N–H and O–H groups in total. The number of hydrogen-bond acceptors (Lipinski definition) is 3. The molecule has 1 aliphatic heterocycles. The van der Waals surface area contributed by atoms with Crippen LogP contribution in [0.5, 0.6) is 0 Å². The number of hydrogen-bond donors (Lipinski definition) is 1. The van der Waals surface area contributed by atoms with E-state index in [-0.39, 0.29) is 5.41 Å². The Kier molecular flexibility index (Phi) is 2.58. The third-order valence-electron chi connectivity index (χ3n) is 3.73. The number of fused-ring (bicyclic) bond motifs is 1. The second-order valence-corrected chi connectivity index (χ2v) is 5.42. The fourth-order valence-electron chi connectivity index (χ4n) is 3.06. The molecule has 2 rings (SSSR count). The van der Waals surface area contributed by atoms with Gasteiger partial charge in [-0.25, -0.2) is 0 Å². The maximum absolute atomic E-state index is 5.85. The zero-order chi connectivity index (χ0) is 10.3. The molecule has 14 heavy (non-hydrogen) atoms. The molecule has 0 radical (unpaired) electrons. The lowest BCUT2D eigenvalue weighted by atomic mass is 9.55. The first kappa shape index (κ1) is 10.4. The molecule has 1 heterocycles. The molecule has 0 aromatic rings. The molecule has 2 aliphatic rings. The van der Waals surface area contributed by atoms with Gasteiger partial charge < -0.3 is 4.74 Å². The SMILES string of the molecule is CN(C)NC1C2CCCOC2C1(C)C. The molecule has 0 aromatic heterocycles. The zero-order valence-electron chi connectivity index (χ0n) is 9.71. The summed E-state index contributed by atoms with van der Waals surface area (Å²) in [6.07, 6.45) is 3.02. The third kappa shape index (κ3) is 1.47. The van der Waals surface area contributed by atoms with Crippen LogP contribution in [0.4, 0.5) is 0 Å². The van der Waals surface area contributed by atoms with Gasteiger partial charge in [-0.15, -0.1) is 0 Å². The molecule has 1 saturated carbocycles. The Morgan fingerprint density at radius 1 is 1.36 bits per heavy atom. The van der Waals surface area contributed by atoms with Crippen LogP contribution in [0.15, 0.2) is 0 Å². The van der Waals surface area contributed by atoms with Crippen LogP contribution in [0.3, 0.4) is 0 Å². The minimum atomic E-state index is 0.287. The average Bonchev–Trinajstić information content (AvgIpc) is 2.14. The minimum Gasteiger partial charge on any atom is -0.377 e. The Balaban J connectivity index is 2.02. The second-order valence-electron chi connectivity index (χ2n) is 5.42. The molecule has 3 unspecified atom stereocenters. The van der Waals surface area contributed by atoms with E-state index < -0.39 is 0 Å². The summed E-state index contributed by atoms with van der Waals surface area (Å²) in [5, 5.41) is 2.07. The van der Waals surface area contributed by atoms with Crippen LogP contribution in [0, 0.1) is 11.3 Å². The molecular formula is C11H22N2O. The van der Waals surface area contributed by atoms with E-state index in [4.69, 9.17) is 4.74 Å². The van der Waals surface area contributed by atoms with Crippen LogP contribution in [-0.2, 0) is 4.74 Å². The van der Waals surface area contributed by atoms with Gasteiger partial charge in [-0.05, 0) is 12.8 Å². The lowest BCUT2D eigenvalue weighted by molar-refractivity contribution is -0.202. The lowest BCUT2D eigenvalue weighted by Crippen LogP contribution is -2.70. The van der Waals surface area contributed by atoms with Crippen molar-refractivity contribution >= 4 is 0 Å². The van der Waals surface area contributed by atoms with E-state index in [2.05, 4.69) is 38.4 Å². The molecule has 0 amide bonds. The Bertz CT molecular complexity index is 215. The van der Waals surface area contributed by atoms with Gasteiger partial charge in [-0.1, -0.05) is 13.8 Å². The van der Waals surface area contributed by atoms with E-state index in [1.54, 1.807) is 0 Å². The highest BCUT2D eigenvalue weighted by atomic mass is 16.5. The maximum Gasteiger partial charge on any atom is 0.0685 e. The van der Waals surface area contributed by atoms with Crippen LogP contribution in [0.1, 0.15) is 26.7 Å². The van der Waals surface area contributed by atoms with Crippen molar-refractivity contribution < 1.29 is 4.74 Å². The van der Waals surface area contributed by atoms with Gasteiger partial charge in [0.15, 0.2) is 0 Å². The maximum atomic E-state index is 5.85. The van der Waals surface area contributed by atoms with Crippen molar-refractivity contribution in [2.75, 3.05) is 20.7 Å². The summed E-state index contributed by atoms with van der Waals surface area (Å²) in [5.41, 5.74) is 3.81. The van der Waals surface area contributed by atoms with E-state index in [1.165, 1.54) is 12.8 Å². The predicted octanol–water partition coefficient (Wildman–Crippen LogP) is 1.26. The van der Waals surface area contributed by atoms with Gasteiger partial charge >= 0.3 is 0 Å². The standard InChI is InChI=1S/C11H22N2O/c1-11(2)9(12-13(3)4)8-6-5-7-14-10(8)11/h8-10,12H,5-7H2,1-4H3. The van der Waals surface area contributed by atoms with Gasteiger partial charge in [0.05, 0.1) is 6.10 Å². The van der Waals surface area contributed by atoms with Crippen molar-refractivity contribution in [2.24, 2.45) is 11.3 Å². The molecule has 82 valence electrons. The topological polar surface area (TPSA) is 24.5 Å². The number of nitrogens with one attached hydrogen (secondary N) is 1. The Morgan fingerprint density at radius 3 is 2.71 bits per heavy atom. The van der Waals surface area contributed by atoms with Gasteiger partial charge in [0.2, 0.25) is 0 Å². The van der Waals surface area contributed by atoms with Crippen molar-refractivity contribution in [1.82, 2.24) is 10.4 Å². The van der Waals surface area contributed by atoms with Gasteiger partial charge in [-0.2, -0.15) is 0 Å². The van der Waals surface area contributed by atoms with Crippen LogP contribution < -0.4 is 5.43 Å². The quantitative estimate of drug-likeness (QED) is 0.676. The smallest absolute Gasteiger partial charge is 0.0685 e. The van der Waals surface area contributed by atoms with E-state index in [0.29, 0.717) is 12.1 Å². The van der Waals surface area contributed by atoms with Crippen LogP contribution >= 0.6 is 0 Å². The summed E-state index contributed by atoms with van der Waals surface area (Å²) in [6, 6.07) is 0.586. The molecule has 3 heteroatoms. The van der Waals surface area contributed by atoms with E-state index >= 15 is 0 Å². The van der Waals surface area contributed by atoms with Gasteiger partial charge in [-0.3, -0.25) is 10.4 Å². The summed E-state index contributed by atoms with van der Waals surface area (Å²) >= 11 is 0. The summed E-state index contributed by atoms with van der Waals surface area (Å²) in [4.78, 5) is 0. The monoisotopic (exact) mass is 198 g/mol. The largest absolute Gasteiger partial charge is 0.377 e. The third-order valence-corrected chi connectivity index (χ3v) is 3.73. The molecule has 0 bridgehead atoms. The van der Waals surface area contributed by atoms with Gasteiger partial charge in [0, 0.05) is 38.1 Å². The first-order valence-electron chi connectivity index (χ1n) is 5.58. The molecule has 3 atom stereocenters. The summed E-state index contributed by atoms with van der Waals surface area (Å²) in [5.74, 6) is 0.723. The van der Waals surface area contributed by atoms with Gasteiger partial charge in [0.25, 0.3) is 0 Å². The number of hydrazine groups is 1. The number of rotatable bonds is 2. The summed E-state index contributed by atoms with van der Waals surface area (Å²) in [6.45, 7) is 5.57. The van der Waals surface area contributed by atoms with Crippen molar-refractivity contribution in [3.05, 3.63) is 0 Å².